The Hall–Kier alpha value is -2.90. The number of aromatic nitrogens is 3. The van der Waals surface area contributed by atoms with E-state index in [4.69, 9.17) is 0 Å². The molecule has 1 fully saturated rings. The van der Waals surface area contributed by atoms with Crippen LogP contribution in [-0.4, -0.2) is 51.6 Å². The van der Waals surface area contributed by atoms with Gasteiger partial charge in [-0.25, -0.2) is 14.6 Å². The molecule has 8 heteroatoms. The fraction of sp³-hybridized carbons (Fsp3) is 0.412. The molecule has 2 aromatic rings. The number of likely N-dealkylation sites (tertiary alicyclic amines) is 1. The number of nitrogens with zero attached hydrogens (tertiary/aromatic N) is 4. The lowest BCUT2D eigenvalue weighted by Crippen LogP contribution is -2.45. The third-order valence-electron chi connectivity index (χ3n) is 4.52. The molecule has 8 nitrogen and oxygen atoms in total. The number of nitrogens with one attached hydrogen (secondary N) is 1. The Kier molecular flexibility index (Phi) is 4.97. The van der Waals surface area contributed by atoms with Crippen molar-refractivity contribution >= 4 is 17.7 Å². The molecule has 0 bridgehead atoms. The van der Waals surface area contributed by atoms with Crippen molar-refractivity contribution in [1.82, 2.24) is 19.4 Å². The maximum atomic E-state index is 12.6. The van der Waals surface area contributed by atoms with Crippen molar-refractivity contribution in [2.45, 2.75) is 19.4 Å². The highest BCUT2D eigenvalue weighted by molar-refractivity contribution is 5.93. The third-order valence-corrected chi connectivity index (χ3v) is 4.52. The maximum absolute atomic E-state index is 12.6. The van der Waals surface area contributed by atoms with Gasteiger partial charge in [0.25, 0.3) is 0 Å². The van der Waals surface area contributed by atoms with E-state index in [1.165, 1.54) is 19.5 Å². The Morgan fingerprint density at radius 1 is 1.32 bits per heavy atom. The van der Waals surface area contributed by atoms with E-state index in [9.17, 15) is 9.59 Å². The highest BCUT2D eigenvalue weighted by atomic mass is 16.5. The molecule has 1 aliphatic rings. The highest BCUT2D eigenvalue weighted by Crippen LogP contribution is 2.27. The van der Waals surface area contributed by atoms with Gasteiger partial charge in [0, 0.05) is 31.7 Å². The summed E-state index contributed by atoms with van der Waals surface area (Å²) in [7, 11) is 1.30. The van der Waals surface area contributed by atoms with Crippen LogP contribution >= 0.6 is 0 Å². The zero-order chi connectivity index (χ0) is 17.8. The van der Waals surface area contributed by atoms with Gasteiger partial charge in [0.2, 0.25) is 0 Å². The van der Waals surface area contributed by atoms with Crippen molar-refractivity contribution < 1.29 is 14.3 Å². The molecule has 0 aliphatic carbocycles. The van der Waals surface area contributed by atoms with Crippen LogP contribution in [0.3, 0.4) is 0 Å². The second-order valence-corrected chi connectivity index (χ2v) is 6.17. The number of carbonyl (C=O) groups excluding carboxylic acids is 2. The van der Waals surface area contributed by atoms with Crippen LogP contribution in [0.5, 0.6) is 0 Å². The van der Waals surface area contributed by atoms with Crippen molar-refractivity contribution in [3.63, 3.8) is 0 Å². The minimum atomic E-state index is -0.490. The number of urea groups is 1. The molecule has 25 heavy (non-hydrogen) atoms. The number of methoxy groups -OCH3 is 1. The summed E-state index contributed by atoms with van der Waals surface area (Å²) in [6.07, 6.45) is 9.27. The van der Waals surface area contributed by atoms with E-state index in [1.807, 2.05) is 10.8 Å². The second kappa shape index (κ2) is 7.33. The molecule has 2 aromatic heterocycles. The first-order valence-electron chi connectivity index (χ1n) is 8.15. The van der Waals surface area contributed by atoms with Crippen molar-refractivity contribution in [2.75, 3.05) is 25.5 Å². The number of hydrogen-bond donors (Lipinski definition) is 1. The van der Waals surface area contributed by atoms with Crippen LogP contribution in [0.25, 0.3) is 0 Å². The molecule has 0 spiro atoms. The summed E-state index contributed by atoms with van der Waals surface area (Å²) in [5.74, 6) is -0.0295. The minimum absolute atomic E-state index is 0.196. The molecule has 132 valence electrons. The monoisotopic (exact) mass is 343 g/mol. The topological polar surface area (TPSA) is 89.3 Å². The number of esters is 1. The standard InChI is InChI=1S/C17H21N5O3/c1-12-3-5-21(10-15(12)22-6-4-18-11-22)17(24)20-14-7-13(8-19-9-14)16(23)25-2/h4,6-9,11-12,15H,3,5,10H2,1-2H3,(H,20,24)/t12-,15+/m0/s1. The minimum Gasteiger partial charge on any atom is -0.465 e. The van der Waals surface area contributed by atoms with Crippen LogP contribution in [0.1, 0.15) is 29.7 Å². The Balaban J connectivity index is 1.68. The van der Waals surface area contributed by atoms with Crippen LogP contribution in [0.4, 0.5) is 10.5 Å². The molecule has 1 saturated heterocycles. The largest absolute Gasteiger partial charge is 0.465 e. The molecule has 3 heterocycles. The summed E-state index contributed by atoms with van der Waals surface area (Å²) in [6, 6.07) is 1.54. The maximum Gasteiger partial charge on any atom is 0.339 e. The van der Waals surface area contributed by atoms with Gasteiger partial charge in [-0.05, 0) is 18.4 Å². The molecular weight excluding hydrogens is 322 g/mol. The molecule has 0 saturated carbocycles. The van der Waals surface area contributed by atoms with Gasteiger partial charge in [-0.1, -0.05) is 6.92 Å². The van der Waals surface area contributed by atoms with Crippen molar-refractivity contribution in [2.24, 2.45) is 5.92 Å². The van der Waals surface area contributed by atoms with Crippen LogP contribution in [0.15, 0.2) is 37.2 Å². The Bertz CT molecular complexity index is 747. The van der Waals surface area contributed by atoms with Gasteiger partial charge in [-0.2, -0.15) is 0 Å². The van der Waals surface area contributed by atoms with Gasteiger partial charge in [0.05, 0.1) is 36.9 Å². The van der Waals surface area contributed by atoms with E-state index < -0.39 is 5.97 Å². The molecule has 1 N–H and O–H groups in total. The molecule has 2 atom stereocenters. The number of pyridine rings is 1. The molecule has 3 rings (SSSR count). The molecular formula is C17H21N5O3. The normalized spacial score (nSPS) is 20.2. The van der Waals surface area contributed by atoms with Crippen molar-refractivity contribution in [1.29, 1.82) is 0 Å². The number of imidazole rings is 1. The fourth-order valence-electron chi connectivity index (χ4n) is 3.03. The first-order valence-corrected chi connectivity index (χ1v) is 8.15. The smallest absolute Gasteiger partial charge is 0.339 e. The van der Waals surface area contributed by atoms with Crippen molar-refractivity contribution in [3.8, 4) is 0 Å². The van der Waals surface area contributed by atoms with Gasteiger partial charge in [-0.15, -0.1) is 0 Å². The van der Waals surface area contributed by atoms with Crippen LogP contribution in [0, 0.1) is 5.92 Å². The van der Waals surface area contributed by atoms with E-state index in [1.54, 1.807) is 23.5 Å². The molecule has 0 unspecified atom stereocenters. The SMILES string of the molecule is COC(=O)c1cncc(NC(=O)N2CC[C@H](C)[C@H](n3ccnc3)C2)c1. The number of anilines is 1. The third kappa shape index (κ3) is 3.78. The Morgan fingerprint density at radius 3 is 2.88 bits per heavy atom. The zero-order valence-electron chi connectivity index (χ0n) is 14.3. The van der Waals surface area contributed by atoms with E-state index >= 15 is 0 Å². The number of amides is 2. The van der Waals surface area contributed by atoms with Gasteiger partial charge in [-0.3, -0.25) is 4.98 Å². The number of carbonyl (C=O) groups is 2. The van der Waals surface area contributed by atoms with Gasteiger partial charge >= 0.3 is 12.0 Å². The molecule has 0 radical (unpaired) electrons. The number of rotatable bonds is 3. The average molecular weight is 343 g/mol. The Labute approximate surface area is 145 Å². The highest BCUT2D eigenvalue weighted by Gasteiger charge is 2.29. The summed E-state index contributed by atoms with van der Waals surface area (Å²) in [5.41, 5.74) is 0.759. The number of ether oxygens (including phenoxy) is 1. The van der Waals surface area contributed by atoms with E-state index in [-0.39, 0.29) is 12.1 Å². The number of hydrogen-bond acceptors (Lipinski definition) is 5. The zero-order valence-corrected chi connectivity index (χ0v) is 14.3. The first kappa shape index (κ1) is 16.9. The molecule has 2 amide bonds. The summed E-state index contributed by atoms with van der Waals surface area (Å²) in [5, 5.41) is 2.80. The van der Waals surface area contributed by atoms with Gasteiger partial charge in [0.1, 0.15) is 0 Å². The lowest BCUT2D eigenvalue weighted by Gasteiger charge is -2.37. The summed E-state index contributed by atoms with van der Waals surface area (Å²) < 4.78 is 6.71. The summed E-state index contributed by atoms with van der Waals surface area (Å²) in [4.78, 5) is 34.0. The summed E-state index contributed by atoms with van der Waals surface area (Å²) in [6.45, 7) is 3.47. The van der Waals surface area contributed by atoms with Crippen molar-refractivity contribution in [3.05, 3.63) is 42.7 Å². The quantitative estimate of drug-likeness (QED) is 0.863. The summed E-state index contributed by atoms with van der Waals surface area (Å²) >= 11 is 0. The predicted molar refractivity (Wildman–Crippen MR) is 91.2 cm³/mol. The van der Waals surface area contributed by atoms with E-state index in [0.29, 0.717) is 30.3 Å². The first-order chi connectivity index (χ1) is 12.1. The molecule has 0 aromatic carbocycles. The second-order valence-electron chi connectivity index (χ2n) is 6.17. The van der Waals surface area contributed by atoms with Gasteiger partial charge in [0.15, 0.2) is 0 Å². The molecule has 1 aliphatic heterocycles. The lowest BCUT2D eigenvalue weighted by atomic mass is 9.93. The predicted octanol–water partition coefficient (Wildman–Crippen LogP) is 2.18. The van der Waals surface area contributed by atoms with Crippen LogP contribution in [0.2, 0.25) is 0 Å². The van der Waals surface area contributed by atoms with Crippen LogP contribution in [-0.2, 0) is 4.74 Å². The van der Waals surface area contributed by atoms with E-state index in [2.05, 4.69) is 26.9 Å². The average Bonchev–Trinajstić information content (AvgIpc) is 3.16. The lowest BCUT2D eigenvalue weighted by molar-refractivity contribution is 0.0600. The number of piperidine rings is 1. The van der Waals surface area contributed by atoms with Crippen LogP contribution < -0.4 is 5.32 Å². The Morgan fingerprint density at radius 2 is 2.16 bits per heavy atom. The fourth-order valence-corrected chi connectivity index (χ4v) is 3.03. The van der Waals surface area contributed by atoms with E-state index in [0.717, 1.165) is 6.42 Å². The van der Waals surface area contributed by atoms with Gasteiger partial charge < -0.3 is 19.5 Å².